The Morgan fingerprint density at radius 1 is 1.48 bits per heavy atom. The molecule has 112 valence electrons. The van der Waals surface area contributed by atoms with Crippen LogP contribution in [0, 0.1) is 5.92 Å². The molecular weight excluding hydrogens is 272 g/mol. The van der Waals surface area contributed by atoms with Gasteiger partial charge in [-0.15, -0.1) is 0 Å². The van der Waals surface area contributed by atoms with Gasteiger partial charge >= 0.3 is 0 Å². The molecular formula is C15H18N2O4. The molecule has 1 saturated heterocycles. The lowest BCUT2D eigenvalue weighted by Crippen LogP contribution is -2.33. The van der Waals surface area contributed by atoms with E-state index in [0.717, 1.165) is 17.7 Å². The predicted molar refractivity (Wildman–Crippen MR) is 75.8 cm³/mol. The number of ether oxygens (including phenoxy) is 1. The van der Waals surface area contributed by atoms with Crippen LogP contribution in [0.3, 0.4) is 0 Å². The molecule has 0 spiro atoms. The number of phenols is 1. The Balaban J connectivity index is 1.42. The van der Waals surface area contributed by atoms with Gasteiger partial charge in [-0.05, 0) is 30.5 Å². The molecule has 2 N–H and O–H groups in total. The van der Waals surface area contributed by atoms with Gasteiger partial charge in [-0.3, -0.25) is 4.79 Å². The van der Waals surface area contributed by atoms with Gasteiger partial charge in [-0.25, -0.2) is 0 Å². The van der Waals surface area contributed by atoms with E-state index in [0.29, 0.717) is 26.0 Å². The Labute approximate surface area is 122 Å². The van der Waals surface area contributed by atoms with Crippen LogP contribution >= 0.6 is 0 Å². The summed E-state index contributed by atoms with van der Waals surface area (Å²) in [6.07, 6.45) is 1.60. The summed E-state index contributed by atoms with van der Waals surface area (Å²) < 4.78 is 5.36. The molecule has 1 amide bonds. The van der Waals surface area contributed by atoms with Crippen molar-refractivity contribution in [1.82, 2.24) is 5.32 Å². The van der Waals surface area contributed by atoms with E-state index in [1.807, 2.05) is 6.07 Å². The lowest BCUT2D eigenvalue weighted by Gasteiger charge is -2.08. The van der Waals surface area contributed by atoms with Gasteiger partial charge in [0.2, 0.25) is 12.2 Å². The zero-order valence-corrected chi connectivity index (χ0v) is 11.6. The maximum Gasteiger partial charge on any atom is 0.235 e. The Morgan fingerprint density at radius 3 is 3.24 bits per heavy atom. The Bertz CT molecular complexity index is 558. The average molecular weight is 290 g/mol. The number of fused-ring (bicyclic) bond motifs is 1. The van der Waals surface area contributed by atoms with Crippen LogP contribution in [0.2, 0.25) is 0 Å². The zero-order valence-electron chi connectivity index (χ0n) is 11.6. The Hall–Kier alpha value is -2.08. The monoisotopic (exact) mass is 290 g/mol. The fraction of sp³-hybridized carbons (Fsp3) is 0.467. The number of phenolic OH excluding ortho intramolecular Hbond substituents is 1. The molecule has 3 rings (SSSR count). The molecule has 6 nitrogen and oxygen atoms in total. The first-order valence-electron chi connectivity index (χ1n) is 7.11. The zero-order chi connectivity index (χ0) is 14.7. The van der Waals surface area contributed by atoms with E-state index in [4.69, 9.17) is 9.57 Å². The molecule has 0 radical (unpaired) electrons. The molecule has 6 heteroatoms. The first kappa shape index (κ1) is 13.9. The van der Waals surface area contributed by atoms with E-state index in [-0.39, 0.29) is 23.9 Å². The minimum atomic E-state index is -0.260. The highest BCUT2D eigenvalue weighted by Gasteiger charge is 2.39. The van der Waals surface area contributed by atoms with Crippen LogP contribution in [0.5, 0.6) is 5.75 Å². The molecule has 0 aromatic heterocycles. The molecule has 0 saturated carbocycles. The number of nitrogens with zero attached hydrogens (tertiary/aromatic N) is 1. The van der Waals surface area contributed by atoms with Gasteiger partial charge in [-0.2, -0.15) is 0 Å². The topological polar surface area (TPSA) is 80.2 Å². The number of aryl methyl sites for hydroxylation is 1. The summed E-state index contributed by atoms with van der Waals surface area (Å²) in [5, 5.41) is 16.2. The van der Waals surface area contributed by atoms with Crippen molar-refractivity contribution >= 4 is 11.6 Å². The number of hydrogen-bond donors (Lipinski definition) is 2. The molecule has 1 aromatic rings. The second-order valence-corrected chi connectivity index (χ2v) is 5.27. The lowest BCUT2D eigenvalue weighted by atomic mass is 10.0. The van der Waals surface area contributed by atoms with Crippen LogP contribution in [-0.4, -0.2) is 36.2 Å². The first-order valence-corrected chi connectivity index (χ1v) is 7.11. The fourth-order valence-corrected chi connectivity index (χ4v) is 2.59. The van der Waals surface area contributed by atoms with Gasteiger partial charge in [0.1, 0.15) is 5.75 Å². The van der Waals surface area contributed by atoms with Crippen LogP contribution in [0.4, 0.5) is 0 Å². The minimum absolute atomic E-state index is 0.0385. The van der Waals surface area contributed by atoms with Crippen LogP contribution in [0.1, 0.15) is 18.4 Å². The molecule has 0 aliphatic carbocycles. The Morgan fingerprint density at radius 2 is 2.38 bits per heavy atom. The third kappa shape index (κ3) is 3.33. The number of amides is 1. The second kappa shape index (κ2) is 6.13. The first-order chi connectivity index (χ1) is 10.2. The normalized spacial score (nSPS) is 23.3. The number of nitrogens with one attached hydrogen (secondary N) is 1. The molecule has 21 heavy (non-hydrogen) atoms. The highest BCUT2D eigenvalue weighted by Crippen LogP contribution is 2.28. The standard InChI is InChI=1S/C15H18N2O4/c18-11-3-1-2-10(8-11)4-5-14(19)16-9-13-12-6-7-20-15(12)21-17-13/h1-3,8,12,15,18H,4-7,9H2,(H,16,19). The maximum atomic E-state index is 11.8. The maximum absolute atomic E-state index is 11.8. The number of rotatable bonds is 5. The lowest BCUT2D eigenvalue weighted by molar-refractivity contribution is -0.120. The molecule has 2 atom stereocenters. The van der Waals surface area contributed by atoms with Gasteiger partial charge in [0.05, 0.1) is 24.8 Å². The number of carbonyl (C=O) groups is 1. The molecule has 1 fully saturated rings. The van der Waals surface area contributed by atoms with Gasteiger partial charge in [0, 0.05) is 6.42 Å². The van der Waals surface area contributed by atoms with Crippen molar-refractivity contribution in [1.29, 1.82) is 0 Å². The van der Waals surface area contributed by atoms with Gasteiger partial charge in [0.25, 0.3) is 0 Å². The summed E-state index contributed by atoms with van der Waals surface area (Å²) in [5.74, 6) is 0.359. The van der Waals surface area contributed by atoms with E-state index < -0.39 is 0 Å². The van der Waals surface area contributed by atoms with Gasteiger partial charge in [0.15, 0.2) is 0 Å². The summed E-state index contributed by atoms with van der Waals surface area (Å²) in [6, 6.07) is 6.94. The van der Waals surface area contributed by atoms with E-state index in [1.165, 1.54) is 0 Å². The largest absolute Gasteiger partial charge is 0.508 e. The van der Waals surface area contributed by atoms with Gasteiger partial charge in [-0.1, -0.05) is 17.3 Å². The molecule has 1 aromatic carbocycles. The summed E-state index contributed by atoms with van der Waals surface area (Å²) in [7, 11) is 0. The molecule has 0 bridgehead atoms. The summed E-state index contributed by atoms with van der Waals surface area (Å²) in [6.45, 7) is 1.09. The van der Waals surface area contributed by atoms with Gasteiger partial charge < -0.3 is 20.0 Å². The third-order valence-electron chi connectivity index (χ3n) is 3.76. The molecule has 2 heterocycles. The predicted octanol–water partition coefficient (Wildman–Crippen LogP) is 1.19. The van der Waals surface area contributed by atoms with Crippen molar-refractivity contribution in [3.05, 3.63) is 29.8 Å². The van der Waals surface area contributed by atoms with Crippen molar-refractivity contribution in [3.63, 3.8) is 0 Å². The van der Waals surface area contributed by atoms with Crippen molar-refractivity contribution in [2.75, 3.05) is 13.2 Å². The van der Waals surface area contributed by atoms with Crippen molar-refractivity contribution in [2.24, 2.45) is 11.1 Å². The summed E-state index contributed by atoms with van der Waals surface area (Å²) in [4.78, 5) is 17.0. The van der Waals surface area contributed by atoms with Crippen molar-refractivity contribution in [2.45, 2.75) is 25.6 Å². The fourth-order valence-electron chi connectivity index (χ4n) is 2.59. The highest BCUT2D eigenvalue weighted by molar-refractivity contribution is 5.92. The highest BCUT2D eigenvalue weighted by atomic mass is 16.8. The Kier molecular flexibility index (Phi) is 4.06. The third-order valence-corrected chi connectivity index (χ3v) is 3.76. The van der Waals surface area contributed by atoms with E-state index in [2.05, 4.69) is 10.5 Å². The SMILES string of the molecule is O=C(CCc1cccc(O)c1)NCC1=NOC2OCCC12. The van der Waals surface area contributed by atoms with Crippen LogP contribution in [0.25, 0.3) is 0 Å². The van der Waals surface area contributed by atoms with Crippen molar-refractivity contribution in [3.8, 4) is 5.75 Å². The smallest absolute Gasteiger partial charge is 0.235 e. The number of hydrogen-bond acceptors (Lipinski definition) is 5. The van der Waals surface area contributed by atoms with E-state index >= 15 is 0 Å². The second-order valence-electron chi connectivity index (χ2n) is 5.27. The van der Waals surface area contributed by atoms with E-state index in [1.54, 1.807) is 18.2 Å². The number of aromatic hydroxyl groups is 1. The number of benzene rings is 1. The van der Waals surface area contributed by atoms with Crippen LogP contribution in [-0.2, 0) is 20.8 Å². The summed E-state index contributed by atoms with van der Waals surface area (Å²) >= 11 is 0. The average Bonchev–Trinajstić information content (AvgIpc) is 3.06. The van der Waals surface area contributed by atoms with Crippen molar-refractivity contribution < 1.29 is 19.5 Å². The quantitative estimate of drug-likeness (QED) is 0.853. The molecule has 2 unspecified atom stereocenters. The molecule has 2 aliphatic heterocycles. The van der Waals surface area contributed by atoms with Crippen LogP contribution in [0.15, 0.2) is 29.4 Å². The number of oxime groups is 1. The molecule has 2 aliphatic rings. The number of carbonyl (C=O) groups excluding carboxylic acids is 1. The summed E-state index contributed by atoms with van der Waals surface area (Å²) in [5.41, 5.74) is 1.79. The van der Waals surface area contributed by atoms with Crippen LogP contribution < -0.4 is 5.32 Å². The van der Waals surface area contributed by atoms with E-state index in [9.17, 15) is 9.90 Å². The minimum Gasteiger partial charge on any atom is -0.508 e.